The van der Waals surface area contributed by atoms with Gasteiger partial charge in [0.15, 0.2) is 0 Å². The summed E-state index contributed by atoms with van der Waals surface area (Å²) in [5.41, 5.74) is 1.85. The molecule has 3 unspecified atom stereocenters. The fourth-order valence-corrected chi connectivity index (χ4v) is 5.60. The van der Waals surface area contributed by atoms with Gasteiger partial charge in [0.25, 0.3) is 0 Å². The summed E-state index contributed by atoms with van der Waals surface area (Å²) in [5, 5.41) is 13.8. The van der Waals surface area contributed by atoms with Crippen molar-refractivity contribution in [1.82, 2.24) is 10.2 Å². The van der Waals surface area contributed by atoms with Crippen LogP contribution in [0, 0.1) is 0 Å². The van der Waals surface area contributed by atoms with E-state index in [0.29, 0.717) is 12.1 Å². The SMILES string of the molecule is CC(C)(C)OC(=O)NC1CC2CCC1N2Cc1cccc(Cl)c1N1CCC(O)CC1. The maximum atomic E-state index is 12.3. The molecule has 30 heavy (non-hydrogen) atoms. The van der Waals surface area contributed by atoms with Crippen LogP contribution in [-0.2, 0) is 11.3 Å². The molecule has 2 N–H and O–H groups in total. The van der Waals surface area contributed by atoms with Gasteiger partial charge >= 0.3 is 6.09 Å². The molecule has 0 aliphatic carbocycles. The van der Waals surface area contributed by atoms with E-state index in [1.54, 1.807) is 0 Å². The monoisotopic (exact) mass is 435 g/mol. The molecule has 3 fully saturated rings. The molecule has 4 rings (SSSR count). The Bertz CT molecular complexity index is 773. The number of alkyl carbamates (subject to hydrolysis) is 1. The van der Waals surface area contributed by atoms with E-state index in [2.05, 4.69) is 21.2 Å². The lowest BCUT2D eigenvalue weighted by atomic mass is 9.96. The molecule has 0 radical (unpaired) electrons. The van der Waals surface area contributed by atoms with E-state index in [9.17, 15) is 9.90 Å². The first-order valence-corrected chi connectivity index (χ1v) is 11.5. The molecular formula is C23H34ClN3O3. The first-order chi connectivity index (χ1) is 14.2. The Balaban J connectivity index is 1.46. The molecule has 3 heterocycles. The Morgan fingerprint density at radius 2 is 1.97 bits per heavy atom. The normalized spacial score (nSPS) is 27.5. The highest BCUT2D eigenvalue weighted by Gasteiger charge is 2.47. The minimum Gasteiger partial charge on any atom is -0.444 e. The molecule has 3 aliphatic heterocycles. The quantitative estimate of drug-likeness (QED) is 0.750. The van der Waals surface area contributed by atoms with Crippen LogP contribution >= 0.6 is 11.6 Å². The summed E-state index contributed by atoms with van der Waals surface area (Å²) in [6, 6.07) is 7.08. The molecule has 0 spiro atoms. The largest absolute Gasteiger partial charge is 0.444 e. The molecule has 3 saturated heterocycles. The zero-order valence-corrected chi connectivity index (χ0v) is 19.0. The molecule has 3 atom stereocenters. The predicted molar refractivity (Wildman–Crippen MR) is 119 cm³/mol. The van der Waals surface area contributed by atoms with Crippen molar-refractivity contribution in [2.75, 3.05) is 18.0 Å². The summed E-state index contributed by atoms with van der Waals surface area (Å²) in [5.74, 6) is 0. The van der Waals surface area contributed by atoms with Gasteiger partial charge in [0.05, 0.1) is 16.8 Å². The van der Waals surface area contributed by atoms with Crippen molar-refractivity contribution in [3.8, 4) is 0 Å². The van der Waals surface area contributed by atoms with Crippen molar-refractivity contribution < 1.29 is 14.6 Å². The van der Waals surface area contributed by atoms with Crippen molar-refractivity contribution in [3.63, 3.8) is 0 Å². The molecule has 2 bridgehead atoms. The van der Waals surface area contributed by atoms with E-state index in [1.807, 2.05) is 32.9 Å². The van der Waals surface area contributed by atoms with Crippen molar-refractivity contribution in [2.24, 2.45) is 0 Å². The van der Waals surface area contributed by atoms with E-state index >= 15 is 0 Å². The number of ether oxygens (including phenoxy) is 1. The maximum Gasteiger partial charge on any atom is 0.407 e. The average Bonchev–Trinajstić information content (AvgIpc) is 3.17. The number of hydrogen-bond acceptors (Lipinski definition) is 5. The topological polar surface area (TPSA) is 65.0 Å². The molecule has 1 aromatic rings. The van der Waals surface area contributed by atoms with Crippen LogP contribution in [0.2, 0.25) is 5.02 Å². The van der Waals surface area contributed by atoms with E-state index in [1.165, 1.54) is 12.0 Å². The predicted octanol–water partition coefficient (Wildman–Crippen LogP) is 3.93. The van der Waals surface area contributed by atoms with Gasteiger partial charge in [0.2, 0.25) is 0 Å². The number of para-hydroxylation sites is 1. The second-order valence-corrected chi connectivity index (χ2v) is 10.3. The highest BCUT2D eigenvalue weighted by atomic mass is 35.5. The number of nitrogens with zero attached hydrogens (tertiary/aromatic N) is 2. The van der Waals surface area contributed by atoms with Crippen molar-refractivity contribution in [3.05, 3.63) is 28.8 Å². The van der Waals surface area contributed by atoms with E-state index in [0.717, 1.165) is 56.0 Å². The van der Waals surface area contributed by atoms with Crippen LogP contribution in [0.1, 0.15) is 58.4 Å². The number of piperidine rings is 1. The number of carbonyl (C=O) groups excluding carboxylic acids is 1. The fraction of sp³-hybridized carbons (Fsp3) is 0.696. The Morgan fingerprint density at radius 3 is 2.67 bits per heavy atom. The van der Waals surface area contributed by atoms with E-state index < -0.39 is 5.60 Å². The number of hydrogen-bond donors (Lipinski definition) is 2. The van der Waals surface area contributed by atoms with Crippen LogP contribution in [0.5, 0.6) is 0 Å². The van der Waals surface area contributed by atoms with Gasteiger partial charge in [0, 0.05) is 37.8 Å². The van der Waals surface area contributed by atoms with E-state index in [4.69, 9.17) is 16.3 Å². The second-order valence-electron chi connectivity index (χ2n) is 9.93. The molecule has 0 aromatic heterocycles. The highest BCUT2D eigenvalue weighted by molar-refractivity contribution is 6.33. The van der Waals surface area contributed by atoms with Gasteiger partial charge < -0.3 is 20.1 Å². The van der Waals surface area contributed by atoms with Crippen LogP contribution in [0.15, 0.2) is 18.2 Å². The van der Waals surface area contributed by atoms with Crippen molar-refractivity contribution in [1.29, 1.82) is 0 Å². The molecule has 1 aromatic carbocycles. The summed E-state index contributed by atoms with van der Waals surface area (Å²) in [6.07, 6.45) is 4.26. The van der Waals surface area contributed by atoms with Gasteiger partial charge in [-0.05, 0) is 64.5 Å². The number of rotatable bonds is 4. The van der Waals surface area contributed by atoms with Crippen LogP contribution < -0.4 is 10.2 Å². The van der Waals surface area contributed by atoms with Gasteiger partial charge in [-0.3, -0.25) is 4.90 Å². The Hall–Kier alpha value is -1.50. The summed E-state index contributed by atoms with van der Waals surface area (Å²) in [7, 11) is 0. The number of amides is 1. The standard InChI is InChI=1S/C23H34ClN3O3/c1-23(2,3)30-22(29)25-19-13-16-7-8-20(19)27(16)14-15-5-4-6-18(24)21(15)26-11-9-17(28)10-12-26/h4-6,16-17,19-20,28H,7-14H2,1-3H3,(H,25,29). The molecule has 1 amide bonds. The fourth-order valence-electron chi connectivity index (χ4n) is 5.29. The van der Waals surface area contributed by atoms with Crippen molar-refractivity contribution in [2.45, 2.75) is 89.3 Å². The summed E-state index contributed by atoms with van der Waals surface area (Å²) < 4.78 is 5.47. The number of nitrogens with one attached hydrogen (secondary N) is 1. The van der Waals surface area contributed by atoms with Crippen LogP contribution in [0.4, 0.5) is 10.5 Å². The number of halogens is 1. The molecular weight excluding hydrogens is 402 g/mol. The molecule has 0 saturated carbocycles. The minimum absolute atomic E-state index is 0.131. The van der Waals surface area contributed by atoms with Crippen molar-refractivity contribution >= 4 is 23.4 Å². The summed E-state index contributed by atoms with van der Waals surface area (Å²) in [4.78, 5) is 17.1. The first-order valence-electron chi connectivity index (χ1n) is 11.2. The number of benzene rings is 1. The number of aliphatic hydroxyl groups is 1. The lowest BCUT2D eigenvalue weighted by Gasteiger charge is -2.34. The molecule has 7 heteroatoms. The zero-order chi connectivity index (χ0) is 21.5. The van der Waals surface area contributed by atoms with Gasteiger partial charge in [-0.2, -0.15) is 0 Å². The minimum atomic E-state index is -0.487. The van der Waals surface area contributed by atoms with Gasteiger partial charge in [-0.1, -0.05) is 23.7 Å². The van der Waals surface area contributed by atoms with Crippen LogP contribution in [-0.4, -0.2) is 59.0 Å². The van der Waals surface area contributed by atoms with Gasteiger partial charge in [-0.15, -0.1) is 0 Å². The molecule has 166 valence electrons. The van der Waals surface area contributed by atoms with Gasteiger partial charge in [-0.25, -0.2) is 4.79 Å². The Morgan fingerprint density at radius 1 is 1.23 bits per heavy atom. The summed E-state index contributed by atoms with van der Waals surface area (Å²) in [6.45, 7) is 8.15. The second kappa shape index (κ2) is 8.56. The first kappa shape index (κ1) is 21.7. The number of fused-ring (bicyclic) bond motifs is 2. The molecule has 3 aliphatic rings. The third-order valence-electron chi connectivity index (χ3n) is 6.59. The number of anilines is 1. The lowest BCUT2D eigenvalue weighted by molar-refractivity contribution is 0.0491. The Kier molecular flexibility index (Phi) is 6.20. The summed E-state index contributed by atoms with van der Waals surface area (Å²) >= 11 is 6.64. The third kappa shape index (κ3) is 4.71. The van der Waals surface area contributed by atoms with Crippen LogP contribution in [0.25, 0.3) is 0 Å². The van der Waals surface area contributed by atoms with Crippen LogP contribution in [0.3, 0.4) is 0 Å². The zero-order valence-electron chi connectivity index (χ0n) is 18.2. The third-order valence-corrected chi connectivity index (χ3v) is 6.89. The number of carbonyl (C=O) groups is 1. The lowest BCUT2D eigenvalue weighted by Crippen LogP contribution is -2.45. The Labute approximate surface area is 184 Å². The number of aliphatic hydroxyl groups excluding tert-OH is 1. The average molecular weight is 436 g/mol. The highest BCUT2D eigenvalue weighted by Crippen LogP contribution is 2.41. The maximum absolute atomic E-state index is 12.3. The molecule has 6 nitrogen and oxygen atoms in total. The van der Waals surface area contributed by atoms with Gasteiger partial charge in [0.1, 0.15) is 5.60 Å². The van der Waals surface area contributed by atoms with E-state index in [-0.39, 0.29) is 18.2 Å². The smallest absolute Gasteiger partial charge is 0.407 e.